The molecule has 0 spiro atoms. The van der Waals surface area contributed by atoms with E-state index in [1.165, 1.54) is 0 Å². The molecule has 0 aromatic heterocycles. The number of hydrogen-bond acceptors (Lipinski definition) is 1. The van der Waals surface area contributed by atoms with E-state index in [1.54, 1.807) is 0 Å². The highest BCUT2D eigenvalue weighted by molar-refractivity contribution is 9.10. The predicted octanol–water partition coefficient (Wildman–Crippen LogP) is 1.97. The summed E-state index contributed by atoms with van der Waals surface area (Å²) in [6, 6.07) is 15.4. The van der Waals surface area contributed by atoms with Gasteiger partial charge < -0.3 is 5.32 Å². The van der Waals surface area contributed by atoms with E-state index in [9.17, 15) is 4.79 Å². The van der Waals surface area contributed by atoms with Gasteiger partial charge in [-0.2, -0.15) is 0 Å². The van der Waals surface area contributed by atoms with Crippen molar-refractivity contribution in [2.45, 2.75) is 5.92 Å². The SMILES string of the molecule is O=C(Nc1ccccc1Br)C1C=[NH+]c2ccccc21. The first-order valence-electron chi connectivity index (χ1n) is 6.00. The first kappa shape index (κ1) is 12.1. The number of para-hydroxylation sites is 2. The van der Waals surface area contributed by atoms with Crippen LogP contribution in [0.15, 0.2) is 53.0 Å². The highest BCUT2D eigenvalue weighted by Crippen LogP contribution is 2.26. The number of carbonyl (C=O) groups is 1. The minimum absolute atomic E-state index is 0.0376. The lowest BCUT2D eigenvalue weighted by Crippen LogP contribution is -2.59. The Bertz CT molecular complexity index is 667. The maximum absolute atomic E-state index is 12.3. The van der Waals surface area contributed by atoms with Crippen molar-refractivity contribution in [3.05, 3.63) is 58.6 Å². The number of halogens is 1. The molecule has 1 amide bonds. The molecule has 2 aromatic rings. The lowest BCUT2D eigenvalue weighted by atomic mass is 10.0. The van der Waals surface area contributed by atoms with Crippen LogP contribution in [0.2, 0.25) is 0 Å². The van der Waals surface area contributed by atoms with Gasteiger partial charge in [-0.15, -0.1) is 0 Å². The lowest BCUT2D eigenvalue weighted by Gasteiger charge is -2.09. The molecular weight excluding hydrogens is 304 g/mol. The molecule has 1 atom stereocenters. The molecule has 19 heavy (non-hydrogen) atoms. The quantitative estimate of drug-likeness (QED) is 0.874. The van der Waals surface area contributed by atoms with Crippen LogP contribution < -0.4 is 10.3 Å². The zero-order chi connectivity index (χ0) is 13.2. The number of anilines is 1. The van der Waals surface area contributed by atoms with Gasteiger partial charge >= 0.3 is 0 Å². The summed E-state index contributed by atoms with van der Waals surface area (Å²) in [5, 5.41) is 2.94. The predicted molar refractivity (Wildman–Crippen MR) is 78.6 cm³/mol. The van der Waals surface area contributed by atoms with Crippen LogP contribution in [0.1, 0.15) is 11.5 Å². The Morgan fingerprint density at radius 3 is 2.68 bits per heavy atom. The van der Waals surface area contributed by atoms with Crippen LogP contribution in [0, 0.1) is 0 Å². The first-order valence-corrected chi connectivity index (χ1v) is 6.79. The second kappa shape index (κ2) is 4.97. The van der Waals surface area contributed by atoms with Crippen LogP contribution in [0.3, 0.4) is 0 Å². The van der Waals surface area contributed by atoms with Gasteiger partial charge in [0, 0.05) is 16.1 Å². The van der Waals surface area contributed by atoms with E-state index in [2.05, 4.69) is 26.2 Å². The summed E-state index contributed by atoms with van der Waals surface area (Å²) in [7, 11) is 0. The Labute approximate surface area is 119 Å². The van der Waals surface area contributed by atoms with Crippen LogP contribution in [0.4, 0.5) is 11.4 Å². The van der Waals surface area contributed by atoms with Crippen LogP contribution >= 0.6 is 15.9 Å². The number of benzene rings is 2. The van der Waals surface area contributed by atoms with Gasteiger partial charge in [-0.3, -0.25) is 4.79 Å². The fraction of sp³-hybridized carbons (Fsp3) is 0.0667. The topological polar surface area (TPSA) is 43.1 Å². The minimum atomic E-state index is -0.261. The molecule has 4 heteroatoms. The highest BCUT2D eigenvalue weighted by atomic mass is 79.9. The van der Waals surface area contributed by atoms with Crippen molar-refractivity contribution in [1.29, 1.82) is 0 Å². The third-order valence-electron chi connectivity index (χ3n) is 3.12. The molecule has 94 valence electrons. The molecule has 0 radical (unpaired) electrons. The zero-order valence-corrected chi connectivity index (χ0v) is 11.6. The number of rotatable bonds is 2. The van der Waals surface area contributed by atoms with Gasteiger partial charge in [-0.05, 0) is 28.1 Å². The van der Waals surface area contributed by atoms with Gasteiger partial charge in [0.25, 0.3) is 0 Å². The standard InChI is InChI=1S/C15H11BrN2O/c16-12-6-2-4-8-14(12)18-15(19)11-9-17-13-7-3-1-5-10(11)13/h1-9,11H,(H,18,19)/p+1. The summed E-state index contributed by atoms with van der Waals surface area (Å²) in [5.74, 6) is -0.298. The maximum atomic E-state index is 12.3. The average Bonchev–Trinajstić information content (AvgIpc) is 2.85. The molecule has 2 aromatic carbocycles. The van der Waals surface area contributed by atoms with E-state index < -0.39 is 0 Å². The van der Waals surface area contributed by atoms with Crippen molar-refractivity contribution < 1.29 is 9.79 Å². The van der Waals surface area contributed by atoms with Gasteiger partial charge in [-0.1, -0.05) is 30.3 Å². The summed E-state index contributed by atoms with van der Waals surface area (Å²) in [5.41, 5.74) is 2.78. The Hall–Kier alpha value is -1.94. The molecule has 2 N–H and O–H groups in total. The van der Waals surface area contributed by atoms with Crippen molar-refractivity contribution in [3.63, 3.8) is 0 Å². The third-order valence-corrected chi connectivity index (χ3v) is 3.81. The van der Waals surface area contributed by atoms with Crippen molar-refractivity contribution in [3.8, 4) is 0 Å². The van der Waals surface area contributed by atoms with Crippen molar-refractivity contribution in [2.24, 2.45) is 0 Å². The fourth-order valence-corrected chi connectivity index (χ4v) is 2.54. The minimum Gasteiger partial charge on any atom is -0.324 e. The molecule has 0 saturated heterocycles. The average molecular weight is 316 g/mol. The van der Waals surface area contributed by atoms with E-state index in [1.807, 2.05) is 54.7 Å². The Morgan fingerprint density at radius 1 is 1.11 bits per heavy atom. The summed E-state index contributed by atoms with van der Waals surface area (Å²) in [6.45, 7) is 0. The Kier molecular flexibility index (Phi) is 3.17. The second-order valence-electron chi connectivity index (χ2n) is 4.35. The molecule has 1 aliphatic rings. The van der Waals surface area contributed by atoms with Crippen molar-refractivity contribution in [2.75, 3.05) is 5.32 Å². The molecule has 0 fully saturated rings. The number of nitrogens with one attached hydrogen (secondary N) is 2. The number of carbonyl (C=O) groups excluding carboxylic acids is 1. The molecule has 1 unspecified atom stereocenters. The number of amides is 1. The van der Waals surface area contributed by atoms with E-state index in [0.717, 1.165) is 21.4 Å². The lowest BCUT2D eigenvalue weighted by molar-refractivity contribution is -0.344. The third kappa shape index (κ3) is 2.31. The monoisotopic (exact) mass is 315 g/mol. The van der Waals surface area contributed by atoms with Crippen LogP contribution in [-0.4, -0.2) is 12.1 Å². The molecule has 3 nitrogen and oxygen atoms in total. The molecule has 0 saturated carbocycles. The van der Waals surface area contributed by atoms with Crippen LogP contribution in [0.5, 0.6) is 0 Å². The first-order chi connectivity index (χ1) is 9.25. The summed E-state index contributed by atoms with van der Waals surface area (Å²) >= 11 is 3.42. The van der Waals surface area contributed by atoms with Crippen LogP contribution in [-0.2, 0) is 4.79 Å². The van der Waals surface area contributed by atoms with Gasteiger partial charge in [0.1, 0.15) is 5.92 Å². The summed E-state index contributed by atoms with van der Waals surface area (Å²) in [4.78, 5) is 15.5. The largest absolute Gasteiger partial charge is 0.324 e. The molecule has 0 aliphatic carbocycles. The van der Waals surface area contributed by atoms with Gasteiger partial charge in [0.05, 0.1) is 5.69 Å². The Morgan fingerprint density at radius 2 is 1.84 bits per heavy atom. The number of hydrogen-bond donors (Lipinski definition) is 2. The maximum Gasteiger partial charge on any atom is 0.242 e. The van der Waals surface area contributed by atoms with Gasteiger partial charge in [-0.25, -0.2) is 4.99 Å². The zero-order valence-electron chi connectivity index (χ0n) is 10.1. The van der Waals surface area contributed by atoms with Crippen molar-refractivity contribution >= 4 is 39.4 Å². The fourth-order valence-electron chi connectivity index (χ4n) is 2.15. The smallest absolute Gasteiger partial charge is 0.242 e. The molecule has 0 bridgehead atoms. The van der Waals surface area contributed by atoms with E-state index in [0.29, 0.717) is 0 Å². The van der Waals surface area contributed by atoms with E-state index in [-0.39, 0.29) is 11.8 Å². The van der Waals surface area contributed by atoms with Crippen LogP contribution in [0.25, 0.3) is 0 Å². The highest BCUT2D eigenvalue weighted by Gasteiger charge is 2.30. The second-order valence-corrected chi connectivity index (χ2v) is 5.20. The summed E-state index contributed by atoms with van der Waals surface area (Å²) in [6.07, 6.45) is 1.82. The van der Waals surface area contributed by atoms with E-state index >= 15 is 0 Å². The normalized spacial score (nSPS) is 16.2. The molecule has 1 heterocycles. The molecular formula is C15H12BrN2O+. The van der Waals surface area contributed by atoms with E-state index in [4.69, 9.17) is 0 Å². The van der Waals surface area contributed by atoms with Crippen molar-refractivity contribution in [1.82, 2.24) is 0 Å². The molecule has 1 aliphatic heterocycles. The van der Waals surface area contributed by atoms with Gasteiger partial charge in [0.15, 0.2) is 6.21 Å². The van der Waals surface area contributed by atoms with Gasteiger partial charge in [0.2, 0.25) is 11.6 Å². The summed E-state index contributed by atoms with van der Waals surface area (Å²) < 4.78 is 0.877. The Balaban J connectivity index is 1.84. The number of fused-ring (bicyclic) bond motifs is 1. The molecule has 3 rings (SSSR count).